The highest BCUT2D eigenvalue weighted by molar-refractivity contribution is 9.10. The van der Waals surface area contributed by atoms with E-state index >= 15 is 0 Å². The Hall–Kier alpha value is -2.10. The Morgan fingerprint density at radius 3 is 2.31 bits per heavy atom. The van der Waals surface area contributed by atoms with Gasteiger partial charge in [0, 0.05) is 22.1 Å². The number of nitrogens with one attached hydrogen (secondary N) is 1. The van der Waals surface area contributed by atoms with E-state index in [1.165, 1.54) is 11.3 Å². The number of rotatable bonds is 10. The van der Waals surface area contributed by atoms with Gasteiger partial charge in [0.2, 0.25) is 21.8 Å². The van der Waals surface area contributed by atoms with Gasteiger partial charge in [-0.15, -0.1) is 0 Å². The molecule has 1 aliphatic rings. The molecule has 0 unspecified atom stereocenters. The van der Waals surface area contributed by atoms with Crippen molar-refractivity contribution in [3.05, 3.63) is 63.6 Å². The maximum Gasteiger partial charge on any atom is 0.244 e. The molecule has 1 aliphatic carbocycles. The van der Waals surface area contributed by atoms with Gasteiger partial charge in [0.25, 0.3) is 0 Å². The summed E-state index contributed by atoms with van der Waals surface area (Å²) in [4.78, 5) is 28.6. The third kappa shape index (κ3) is 7.70. The fourth-order valence-electron chi connectivity index (χ4n) is 4.50. The number of halogens is 2. The Morgan fingerprint density at radius 1 is 1.08 bits per heavy atom. The molecule has 3 rings (SSSR count). The van der Waals surface area contributed by atoms with E-state index in [0.717, 1.165) is 41.8 Å². The predicted octanol–water partition coefficient (Wildman–Crippen LogP) is 5.12. The van der Waals surface area contributed by atoms with Crippen LogP contribution in [0, 0.1) is 0 Å². The molecule has 0 radical (unpaired) electrons. The third-order valence-electron chi connectivity index (χ3n) is 6.40. The van der Waals surface area contributed by atoms with Crippen LogP contribution >= 0.6 is 27.5 Å². The van der Waals surface area contributed by atoms with Gasteiger partial charge >= 0.3 is 0 Å². The molecular formula is C26H33BrClN3O4S. The highest BCUT2D eigenvalue weighted by atomic mass is 79.9. The van der Waals surface area contributed by atoms with Crippen molar-refractivity contribution in [1.82, 2.24) is 10.2 Å². The molecule has 0 bridgehead atoms. The Bertz CT molecular complexity index is 1150. The Labute approximate surface area is 227 Å². The first-order valence-corrected chi connectivity index (χ1v) is 15.2. The molecule has 196 valence electrons. The van der Waals surface area contributed by atoms with Crippen molar-refractivity contribution in [3.8, 4) is 0 Å². The second-order valence-electron chi connectivity index (χ2n) is 9.14. The van der Waals surface area contributed by atoms with Gasteiger partial charge in [-0.1, -0.05) is 62.1 Å². The zero-order chi connectivity index (χ0) is 26.3. The lowest BCUT2D eigenvalue weighted by molar-refractivity contribution is -0.140. The number of carbonyl (C=O) groups is 2. The molecular weight excluding hydrogens is 566 g/mol. The van der Waals surface area contributed by atoms with Crippen LogP contribution in [0.3, 0.4) is 0 Å². The summed E-state index contributed by atoms with van der Waals surface area (Å²) < 4.78 is 27.0. The summed E-state index contributed by atoms with van der Waals surface area (Å²) in [5, 5.41) is 3.70. The van der Waals surface area contributed by atoms with Crippen molar-refractivity contribution in [1.29, 1.82) is 0 Å². The van der Waals surface area contributed by atoms with Gasteiger partial charge < -0.3 is 10.2 Å². The number of benzene rings is 2. The fourth-order valence-corrected chi connectivity index (χ4v) is 6.10. The van der Waals surface area contributed by atoms with E-state index in [-0.39, 0.29) is 18.5 Å². The number of sulfonamides is 1. The first kappa shape index (κ1) is 28.5. The van der Waals surface area contributed by atoms with E-state index in [9.17, 15) is 18.0 Å². The molecule has 1 fully saturated rings. The van der Waals surface area contributed by atoms with E-state index < -0.39 is 28.5 Å². The average molecular weight is 599 g/mol. The molecule has 36 heavy (non-hydrogen) atoms. The summed E-state index contributed by atoms with van der Waals surface area (Å²) in [6, 6.07) is 13.2. The lowest BCUT2D eigenvalue weighted by atomic mass is 9.95. The van der Waals surface area contributed by atoms with Crippen molar-refractivity contribution in [2.75, 3.05) is 17.1 Å². The second kappa shape index (κ2) is 12.9. The van der Waals surface area contributed by atoms with E-state index in [2.05, 4.69) is 21.2 Å². The maximum absolute atomic E-state index is 13.8. The van der Waals surface area contributed by atoms with Crippen molar-refractivity contribution in [3.63, 3.8) is 0 Å². The van der Waals surface area contributed by atoms with Gasteiger partial charge in [-0.2, -0.15) is 0 Å². The fraction of sp³-hybridized carbons (Fsp3) is 0.462. The highest BCUT2D eigenvalue weighted by Gasteiger charge is 2.33. The first-order chi connectivity index (χ1) is 17.1. The van der Waals surface area contributed by atoms with Gasteiger partial charge in [0.1, 0.15) is 12.6 Å². The van der Waals surface area contributed by atoms with Gasteiger partial charge in [0.05, 0.1) is 11.9 Å². The number of carbonyl (C=O) groups excluding carboxylic acids is 2. The zero-order valence-electron chi connectivity index (χ0n) is 20.6. The van der Waals surface area contributed by atoms with Crippen molar-refractivity contribution >= 4 is 55.1 Å². The molecule has 0 aromatic heterocycles. The largest absolute Gasteiger partial charge is 0.352 e. The quantitative estimate of drug-likeness (QED) is 0.411. The van der Waals surface area contributed by atoms with Crippen molar-refractivity contribution in [2.45, 2.75) is 64.1 Å². The number of hydrogen-bond donors (Lipinski definition) is 1. The van der Waals surface area contributed by atoms with Crippen LogP contribution < -0.4 is 9.62 Å². The Kier molecular flexibility index (Phi) is 10.2. The molecule has 2 aromatic carbocycles. The van der Waals surface area contributed by atoms with E-state index in [0.29, 0.717) is 21.6 Å². The minimum Gasteiger partial charge on any atom is -0.352 e. The molecule has 0 aliphatic heterocycles. The number of hydrogen-bond acceptors (Lipinski definition) is 4. The second-order valence-corrected chi connectivity index (χ2v) is 12.3. The van der Waals surface area contributed by atoms with Gasteiger partial charge in [-0.05, 0) is 65.0 Å². The van der Waals surface area contributed by atoms with Crippen LogP contribution in [0.15, 0.2) is 53.0 Å². The van der Waals surface area contributed by atoms with E-state index in [4.69, 9.17) is 11.6 Å². The predicted molar refractivity (Wildman–Crippen MR) is 147 cm³/mol. The van der Waals surface area contributed by atoms with Gasteiger partial charge in [-0.3, -0.25) is 13.9 Å². The lowest BCUT2D eigenvalue weighted by Crippen LogP contribution is -2.54. The number of para-hydroxylation sites is 1. The normalized spacial score (nSPS) is 15.2. The summed E-state index contributed by atoms with van der Waals surface area (Å²) in [7, 11) is -3.79. The minimum atomic E-state index is -3.79. The molecule has 0 spiro atoms. The Morgan fingerprint density at radius 2 is 1.72 bits per heavy atom. The van der Waals surface area contributed by atoms with Gasteiger partial charge in [-0.25, -0.2) is 8.42 Å². The SMILES string of the molecule is CC[C@H](C(=O)NC1CCCCC1)N(Cc1ccc(Cl)cc1)C(=O)CN(c1ccccc1Br)S(C)(=O)=O. The maximum atomic E-state index is 13.8. The van der Waals surface area contributed by atoms with Crippen LogP contribution in [0.25, 0.3) is 0 Å². The van der Waals surface area contributed by atoms with Gasteiger partial charge in [0.15, 0.2) is 0 Å². The molecule has 2 amide bonds. The molecule has 1 saturated carbocycles. The standard InChI is InChI=1S/C26H33BrClN3O4S/c1-3-23(26(33)29-21-9-5-4-6-10-21)30(17-19-13-15-20(28)16-14-19)25(32)18-31(36(2,34)35)24-12-8-7-11-22(24)27/h7-8,11-16,21,23H,3-6,9-10,17-18H2,1-2H3,(H,29,33)/t23-/m1/s1. The number of amides is 2. The van der Waals surface area contributed by atoms with Crippen LogP contribution in [0.2, 0.25) is 5.02 Å². The van der Waals surface area contributed by atoms with E-state index in [1.807, 2.05) is 6.92 Å². The zero-order valence-corrected chi connectivity index (χ0v) is 23.8. The summed E-state index contributed by atoms with van der Waals surface area (Å²) >= 11 is 9.43. The average Bonchev–Trinajstić information content (AvgIpc) is 2.84. The third-order valence-corrected chi connectivity index (χ3v) is 8.45. The van der Waals surface area contributed by atoms with Crippen LogP contribution in [0.4, 0.5) is 5.69 Å². The molecule has 7 nitrogen and oxygen atoms in total. The lowest BCUT2D eigenvalue weighted by Gasteiger charge is -2.34. The molecule has 0 saturated heterocycles. The minimum absolute atomic E-state index is 0.0978. The monoisotopic (exact) mass is 597 g/mol. The first-order valence-electron chi connectivity index (χ1n) is 12.2. The van der Waals surface area contributed by atoms with Crippen molar-refractivity contribution < 1.29 is 18.0 Å². The summed E-state index contributed by atoms with van der Waals surface area (Å²) in [6.45, 7) is 1.58. The van der Waals surface area contributed by atoms with Crippen LogP contribution in [0.5, 0.6) is 0 Å². The molecule has 2 aromatic rings. The van der Waals surface area contributed by atoms with Crippen LogP contribution in [0.1, 0.15) is 51.0 Å². The highest BCUT2D eigenvalue weighted by Crippen LogP contribution is 2.28. The molecule has 10 heteroatoms. The van der Waals surface area contributed by atoms with Crippen molar-refractivity contribution in [2.24, 2.45) is 0 Å². The smallest absolute Gasteiger partial charge is 0.244 e. The summed E-state index contributed by atoms with van der Waals surface area (Å²) in [5.41, 5.74) is 1.16. The van der Waals surface area contributed by atoms with Crippen LogP contribution in [-0.2, 0) is 26.2 Å². The molecule has 0 heterocycles. The molecule has 1 atom stereocenters. The summed E-state index contributed by atoms with van der Waals surface area (Å²) in [5.74, 6) is -0.671. The van der Waals surface area contributed by atoms with E-state index in [1.54, 1.807) is 48.5 Å². The number of nitrogens with zero attached hydrogens (tertiary/aromatic N) is 2. The number of anilines is 1. The summed E-state index contributed by atoms with van der Waals surface area (Å²) in [6.07, 6.45) is 6.63. The molecule has 1 N–H and O–H groups in total. The van der Waals surface area contributed by atoms with Crippen LogP contribution in [-0.4, -0.2) is 50.0 Å². The Balaban J connectivity index is 1.91. The topological polar surface area (TPSA) is 86.8 Å².